The van der Waals surface area contributed by atoms with Gasteiger partial charge in [0.05, 0.1) is 17.5 Å². The van der Waals surface area contributed by atoms with Gasteiger partial charge in [-0.2, -0.15) is 0 Å². The first kappa shape index (κ1) is 28.4. The number of imidazole rings is 1. The van der Waals surface area contributed by atoms with Crippen LogP contribution in [-0.4, -0.2) is 38.9 Å². The second-order valence-electron chi connectivity index (χ2n) is 10.2. The minimum absolute atomic E-state index is 0.0165. The molecule has 0 aliphatic rings. The molecule has 0 spiro atoms. The molecule has 0 atom stereocenters. The normalized spacial score (nSPS) is 11.2. The number of nitrogens with zero attached hydrogens (tertiary/aromatic N) is 3. The van der Waals surface area contributed by atoms with E-state index in [4.69, 9.17) is 16.6 Å². The molecule has 1 N–H and O–H groups in total. The number of fused-ring (bicyclic) bond motifs is 1. The van der Waals surface area contributed by atoms with E-state index in [-0.39, 0.29) is 24.4 Å². The van der Waals surface area contributed by atoms with Crippen LogP contribution in [0, 0.1) is 0 Å². The second kappa shape index (κ2) is 13.9. The lowest BCUT2D eigenvalue weighted by atomic mass is 10.1. The Kier molecular flexibility index (Phi) is 10.1. The summed E-state index contributed by atoms with van der Waals surface area (Å²) in [5.74, 6) is 1.03. The molecule has 4 rings (SSSR count). The molecule has 1 aromatic heterocycles. The molecule has 39 heavy (non-hydrogen) atoms. The number of carbonyl (C=O) groups is 2. The van der Waals surface area contributed by atoms with Crippen molar-refractivity contribution < 1.29 is 9.59 Å². The first-order valence-electron chi connectivity index (χ1n) is 13.7. The lowest BCUT2D eigenvalue weighted by Crippen LogP contribution is -2.38. The van der Waals surface area contributed by atoms with Gasteiger partial charge in [-0.25, -0.2) is 4.98 Å². The van der Waals surface area contributed by atoms with Crippen LogP contribution < -0.4 is 5.32 Å². The molecule has 0 fully saturated rings. The fourth-order valence-electron chi connectivity index (χ4n) is 4.72. The number of carbonyl (C=O) groups excluding carboxylic acids is 2. The molecule has 0 radical (unpaired) electrons. The Morgan fingerprint density at radius 2 is 1.62 bits per heavy atom. The second-order valence-corrected chi connectivity index (χ2v) is 10.6. The molecule has 204 valence electrons. The number of rotatable bonds is 13. The highest BCUT2D eigenvalue weighted by Crippen LogP contribution is 2.19. The van der Waals surface area contributed by atoms with E-state index >= 15 is 0 Å². The monoisotopic (exact) mass is 544 g/mol. The number of hydrogen-bond donors (Lipinski definition) is 1. The van der Waals surface area contributed by atoms with Crippen molar-refractivity contribution in [2.75, 3.05) is 6.54 Å². The third-order valence-corrected chi connectivity index (χ3v) is 7.10. The van der Waals surface area contributed by atoms with Crippen LogP contribution >= 0.6 is 11.6 Å². The minimum Gasteiger partial charge on any atom is -0.356 e. The highest BCUT2D eigenvalue weighted by molar-refractivity contribution is 6.30. The molecule has 0 aliphatic heterocycles. The summed E-state index contributed by atoms with van der Waals surface area (Å²) in [4.78, 5) is 32.5. The van der Waals surface area contributed by atoms with Crippen molar-refractivity contribution in [3.63, 3.8) is 0 Å². The molecule has 0 saturated heterocycles. The van der Waals surface area contributed by atoms with E-state index < -0.39 is 0 Å². The highest BCUT2D eigenvalue weighted by atomic mass is 35.5. The van der Waals surface area contributed by atoms with Crippen LogP contribution in [-0.2, 0) is 35.5 Å². The number of benzene rings is 3. The van der Waals surface area contributed by atoms with Gasteiger partial charge in [0.25, 0.3) is 0 Å². The number of nitrogens with one attached hydrogen (secondary N) is 1. The Morgan fingerprint density at radius 1 is 0.897 bits per heavy atom. The fraction of sp³-hybridized carbons (Fsp3) is 0.344. The largest absolute Gasteiger partial charge is 0.356 e. The summed E-state index contributed by atoms with van der Waals surface area (Å²) >= 11 is 5.91. The van der Waals surface area contributed by atoms with Gasteiger partial charge >= 0.3 is 0 Å². The maximum atomic E-state index is 13.5. The standard InChI is InChI=1S/C32H37ClN4O2/c1-24(2)36(22-26-11-5-3-6-12-26)32(39)23-37-29-14-9-8-13-28(29)35-30(37)15-7-4-10-20-34-31(38)21-25-16-18-27(33)19-17-25/h3,5-6,8-9,11-14,16-19,24H,4,7,10,15,20-23H2,1-2H3,(H,34,38). The minimum atomic E-state index is 0.0165. The molecule has 4 aromatic rings. The van der Waals surface area contributed by atoms with Crippen molar-refractivity contribution in [1.29, 1.82) is 0 Å². The predicted octanol–water partition coefficient (Wildman–Crippen LogP) is 6.20. The molecule has 1 heterocycles. The van der Waals surface area contributed by atoms with Crippen molar-refractivity contribution in [3.05, 3.63) is 101 Å². The molecule has 3 aromatic carbocycles. The van der Waals surface area contributed by atoms with E-state index in [0.29, 0.717) is 24.5 Å². The lowest BCUT2D eigenvalue weighted by molar-refractivity contribution is -0.134. The highest BCUT2D eigenvalue weighted by Gasteiger charge is 2.20. The summed E-state index contributed by atoms with van der Waals surface area (Å²) in [5, 5.41) is 3.67. The van der Waals surface area contributed by atoms with Crippen molar-refractivity contribution in [2.24, 2.45) is 0 Å². The Balaban J connectivity index is 1.31. The number of unbranched alkanes of at least 4 members (excludes halogenated alkanes) is 2. The molecule has 0 aliphatic carbocycles. The summed E-state index contributed by atoms with van der Waals surface area (Å²) < 4.78 is 2.08. The van der Waals surface area contributed by atoms with E-state index in [1.807, 2.05) is 59.5 Å². The van der Waals surface area contributed by atoms with E-state index in [0.717, 1.165) is 53.7 Å². The van der Waals surface area contributed by atoms with Crippen LogP contribution in [0.1, 0.15) is 50.1 Å². The topological polar surface area (TPSA) is 67.2 Å². The van der Waals surface area contributed by atoms with Crippen molar-refractivity contribution in [1.82, 2.24) is 19.8 Å². The van der Waals surface area contributed by atoms with Gasteiger partial charge in [-0.15, -0.1) is 0 Å². The molecular weight excluding hydrogens is 508 g/mol. The summed E-state index contributed by atoms with van der Waals surface area (Å²) in [7, 11) is 0. The zero-order valence-electron chi connectivity index (χ0n) is 22.8. The van der Waals surface area contributed by atoms with Gasteiger partial charge in [-0.05, 0) is 62.1 Å². The molecule has 0 unspecified atom stereocenters. The molecule has 7 heteroatoms. The Hall–Kier alpha value is -3.64. The number of halogens is 1. The third kappa shape index (κ3) is 8.17. The first-order valence-corrected chi connectivity index (χ1v) is 14.1. The number of amides is 2. The number of aromatic nitrogens is 2. The van der Waals surface area contributed by atoms with Crippen LogP contribution in [0.5, 0.6) is 0 Å². The smallest absolute Gasteiger partial charge is 0.243 e. The van der Waals surface area contributed by atoms with Crippen LogP contribution in [0.15, 0.2) is 78.9 Å². The van der Waals surface area contributed by atoms with Gasteiger partial charge in [0.2, 0.25) is 11.8 Å². The number of para-hydroxylation sites is 2. The van der Waals surface area contributed by atoms with Gasteiger partial charge in [0.1, 0.15) is 12.4 Å². The van der Waals surface area contributed by atoms with Crippen LogP contribution in [0.4, 0.5) is 0 Å². The summed E-state index contributed by atoms with van der Waals surface area (Å²) in [5.41, 5.74) is 3.97. The van der Waals surface area contributed by atoms with Gasteiger partial charge in [0, 0.05) is 30.6 Å². The van der Waals surface area contributed by atoms with Crippen LogP contribution in [0.3, 0.4) is 0 Å². The third-order valence-electron chi connectivity index (χ3n) is 6.84. The van der Waals surface area contributed by atoms with Gasteiger partial charge < -0.3 is 14.8 Å². The van der Waals surface area contributed by atoms with E-state index in [9.17, 15) is 9.59 Å². The molecule has 6 nitrogen and oxygen atoms in total. The SMILES string of the molecule is CC(C)N(Cc1ccccc1)C(=O)Cn1c(CCCCCNC(=O)Cc2ccc(Cl)cc2)nc2ccccc21. The van der Waals surface area contributed by atoms with Crippen molar-refractivity contribution in [2.45, 2.75) is 65.1 Å². The van der Waals surface area contributed by atoms with Crippen LogP contribution in [0.25, 0.3) is 11.0 Å². The predicted molar refractivity (Wildman–Crippen MR) is 158 cm³/mol. The van der Waals surface area contributed by atoms with Crippen molar-refractivity contribution >= 4 is 34.4 Å². The summed E-state index contributed by atoms with van der Waals surface area (Å²) in [6, 6.07) is 25.6. The Morgan fingerprint density at radius 3 is 2.36 bits per heavy atom. The van der Waals surface area contributed by atoms with E-state index in [2.05, 4.69) is 35.9 Å². The molecular formula is C32H37ClN4O2. The molecule has 0 bridgehead atoms. The Bertz CT molecular complexity index is 1370. The molecule has 0 saturated carbocycles. The van der Waals surface area contributed by atoms with Crippen LogP contribution in [0.2, 0.25) is 5.02 Å². The average Bonchev–Trinajstić information content (AvgIpc) is 3.27. The number of hydrogen-bond acceptors (Lipinski definition) is 3. The average molecular weight is 545 g/mol. The summed E-state index contributed by atoms with van der Waals surface area (Å²) in [6.45, 7) is 5.61. The number of aryl methyl sites for hydroxylation is 1. The lowest BCUT2D eigenvalue weighted by Gasteiger charge is -2.27. The first-order chi connectivity index (χ1) is 18.9. The molecule has 2 amide bonds. The zero-order chi connectivity index (χ0) is 27.6. The maximum Gasteiger partial charge on any atom is 0.243 e. The zero-order valence-corrected chi connectivity index (χ0v) is 23.5. The summed E-state index contributed by atoms with van der Waals surface area (Å²) in [6.07, 6.45) is 3.92. The van der Waals surface area contributed by atoms with Crippen molar-refractivity contribution in [3.8, 4) is 0 Å². The van der Waals surface area contributed by atoms with Gasteiger partial charge in [-0.1, -0.05) is 72.6 Å². The van der Waals surface area contributed by atoms with Gasteiger partial charge in [-0.3, -0.25) is 9.59 Å². The van der Waals surface area contributed by atoms with E-state index in [1.54, 1.807) is 12.1 Å². The maximum absolute atomic E-state index is 13.5. The van der Waals surface area contributed by atoms with Gasteiger partial charge in [0.15, 0.2) is 0 Å². The quantitative estimate of drug-likeness (QED) is 0.204. The Labute approximate surface area is 236 Å². The fourth-order valence-corrected chi connectivity index (χ4v) is 4.85. The van der Waals surface area contributed by atoms with E-state index in [1.165, 1.54) is 0 Å².